The molecule has 16 heteroatoms. The van der Waals surface area contributed by atoms with Crippen molar-refractivity contribution in [2.45, 2.75) is 69.1 Å². The van der Waals surface area contributed by atoms with Crippen LogP contribution < -0.4 is 38.9 Å². The van der Waals surface area contributed by atoms with E-state index in [-0.39, 0.29) is 44.6 Å². The molecule has 0 aliphatic rings. The maximum atomic E-state index is 13.2. The van der Waals surface area contributed by atoms with Crippen LogP contribution in [0.4, 0.5) is 0 Å². The minimum absolute atomic E-state index is 0.0520. The SMILES string of the molecule is NC(=O)CCC(NC(=O)C(N)Cc1ccccc1)C(=O)NC(CCCN=C(N)N)C(=O)NC(CCC(=O)O)C(=O)O. The first-order chi connectivity index (χ1) is 19.3. The van der Waals surface area contributed by atoms with Gasteiger partial charge in [0, 0.05) is 19.4 Å². The number of aliphatic carboxylic acids is 2. The molecule has 4 amide bonds. The maximum absolute atomic E-state index is 13.2. The highest BCUT2D eigenvalue weighted by molar-refractivity contribution is 5.94. The second-order valence-corrected chi connectivity index (χ2v) is 9.20. The van der Waals surface area contributed by atoms with Gasteiger partial charge in [-0.3, -0.25) is 29.0 Å². The Bertz CT molecular complexity index is 1090. The lowest BCUT2D eigenvalue weighted by Crippen LogP contribution is -2.57. The summed E-state index contributed by atoms with van der Waals surface area (Å²) in [6, 6.07) is 3.68. The molecule has 0 saturated heterocycles. The molecule has 1 rings (SSSR count). The molecule has 0 aliphatic carbocycles. The summed E-state index contributed by atoms with van der Waals surface area (Å²) in [6.07, 6.45) is -1.11. The van der Waals surface area contributed by atoms with Gasteiger partial charge in [0.2, 0.25) is 23.6 Å². The summed E-state index contributed by atoms with van der Waals surface area (Å²) in [5.41, 5.74) is 22.6. The van der Waals surface area contributed by atoms with E-state index in [0.29, 0.717) is 0 Å². The van der Waals surface area contributed by atoms with E-state index in [1.54, 1.807) is 30.3 Å². The smallest absolute Gasteiger partial charge is 0.326 e. The molecule has 4 atom stereocenters. The van der Waals surface area contributed by atoms with E-state index in [0.717, 1.165) is 5.56 Å². The summed E-state index contributed by atoms with van der Waals surface area (Å²) in [4.78, 5) is 76.6. The zero-order valence-electron chi connectivity index (χ0n) is 22.5. The van der Waals surface area contributed by atoms with Gasteiger partial charge in [-0.1, -0.05) is 30.3 Å². The Labute approximate surface area is 236 Å². The van der Waals surface area contributed by atoms with Gasteiger partial charge in [0.1, 0.15) is 18.1 Å². The van der Waals surface area contributed by atoms with E-state index in [1.807, 2.05) is 0 Å². The molecular weight excluding hydrogens is 540 g/mol. The number of carboxylic acid groups (broad SMARTS) is 2. The van der Waals surface area contributed by atoms with Crippen LogP contribution in [0.5, 0.6) is 0 Å². The largest absolute Gasteiger partial charge is 0.481 e. The highest BCUT2D eigenvalue weighted by atomic mass is 16.4. The summed E-state index contributed by atoms with van der Waals surface area (Å²) < 4.78 is 0. The first-order valence-corrected chi connectivity index (χ1v) is 12.8. The monoisotopic (exact) mass is 578 g/mol. The maximum Gasteiger partial charge on any atom is 0.326 e. The first-order valence-electron chi connectivity index (χ1n) is 12.8. The molecule has 1 aromatic carbocycles. The van der Waals surface area contributed by atoms with E-state index in [9.17, 15) is 33.9 Å². The average Bonchev–Trinajstić information content (AvgIpc) is 2.90. The standard InChI is InChI=1S/C25H38N8O8/c26-15(13-14-5-2-1-3-6-14)21(37)31-17(8-10-19(27)34)23(39)32-16(7-4-12-30-25(28)29)22(38)33-18(24(40)41)9-11-20(35)36/h1-3,5-6,15-18H,4,7-13,26H2,(H2,27,34)(H,31,37)(H,32,39)(H,33,38)(H,35,36)(H,40,41)(H4,28,29,30). The van der Waals surface area contributed by atoms with Gasteiger partial charge in [-0.2, -0.15) is 0 Å². The molecule has 0 heterocycles. The van der Waals surface area contributed by atoms with Gasteiger partial charge in [0.25, 0.3) is 0 Å². The minimum atomic E-state index is -1.54. The number of carbonyl (C=O) groups excluding carboxylic acids is 4. The lowest BCUT2D eigenvalue weighted by molar-refractivity contribution is -0.143. The number of nitrogens with one attached hydrogen (secondary N) is 3. The van der Waals surface area contributed by atoms with Crippen LogP contribution in [0.1, 0.15) is 44.1 Å². The van der Waals surface area contributed by atoms with Crippen LogP contribution in [0, 0.1) is 0 Å². The molecule has 0 bridgehead atoms. The summed E-state index contributed by atoms with van der Waals surface area (Å²) in [6.45, 7) is 0.0829. The van der Waals surface area contributed by atoms with Crippen molar-refractivity contribution >= 4 is 41.5 Å². The predicted molar refractivity (Wildman–Crippen MR) is 147 cm³/mol. The van der Waals surface area contributed by atoms with E-state index < -0.39 is 72.6 Å². The Morgan fingerprint density at radius 1 is 0.756 bits per heavy atom. The third-order valence-electron chi connectivity index (χ3n) is 5.79. The molecule has 0 aliphatic heterocycles. The fourth-order valence-corrected chi connectivity index (χ4v) is 3.64. The average molecular weight is 579 g/mol. The van der Waals surface area contributed by atoms with E-state index in [2.05, 4.69) is 20.9 Å². The molecular formula is C25H38N8O8. The normalized spacial score (nSPS) is 13.5. The molecule has 0 saturated carbocycles. The molecule has 41 heavy (non-hydrogen) atoms. The van der Waals surface area contributed by atoms with Crippen LogP contribution in [0.3, 0.4) is 0 Å². The van der Waals surface area contributed by atoms with Crippen molar-refractivity contribution in [2.24, 2.45) is 27.9 Å². The van der Waals surface area contributed by atoms with E-state index >= 15 is 0 Å². The van der Waals surface area contributed by atoms with Crippen LogP contribution in [-0.4, -0.2) is 82.5 Å². The number of primary amides is 1. The highest BCUT2D eigenvalue weighted by Crippen LogP contribution is 2.07. The third kappa shape index (κ3) is 14.3. The summed E-state index contributed by atoms with van der Waals surface area (Å²) in [5, 5.41) is 25.4. The second-order valence-electron chi connectivity index (χ2n) is 9.20. The number of nitrogens with zero attached hydrogens (tertiary/aromatic N) is 1. The number of carboxylic acids is 2. The van der Waals surface area contributed by atoms with Gasteiger partial charge >= 0.3 is 11.9 Å². The zero-order chi connectivity index (χ0) is 30.9. The van der Waals surface area contributed by atoms with Crippen LogP contribution in [0.2, 0.25) is 0 Å². The van der Waals surface area contributed by atoms with Gasteiger partial charge in [0.15, 0.2) is 5.96 Å². The van der Waals surface area contributed by atoms with Gasteiger partial charge in [-0.05, 0) is 37.7 Å². The number of hydrogen-bond acceptors (Lipinski definition) is 8. The fraction of sp³-hybridized carbons (Fsp3) is 0.480. The number of rotatable bonds is 19. The molecule has 0 radical (unpaired) electrons. The van der Waals surface area contributed by atoms with Crippen molar-refractivity contribution in [3.05, 3.63) is 35.9 Å². The third-order valence-corrected chi connectivity index (χ3v) is 5.79. The molecule has 13 N–H and O–H groups in total. The summed E-state index contributed by atoms with van der Waals surface area (Å²) in [5.74, 6) is -6.12. The van der Waals surface area contributed by atoms with Crippen molar-refractivity contribution in [3.63, 3.8) is 0 Å². The first kappa shape index (κ1) is 34.3. The minimum Gasteiger partial charge on any atom is -0.481 e. The topological polar surface area (TPSA) is 295 Å². The Hall–Kier alpha value is -4.73. The van der Waals surface area contributed by atoms with Gasteiger partial charge < -0.3 is 49.1 Å². The molecule has 226 valence electrons. The molecule has 0 aromatic heterocycles. The number of amides is 4. The Morgan fingerprint density at radius 2 is 1.29 bits per heavy atom. The van der Waals surface area contributed by atoms with Crippen molar-refractivity contribution in [1.82, 2.24) is 16.0 Å². The highest BCUT2D eigenvalue weighted by Gasteiger charge is 2.30. The van der Waals surface area contributed by atoms with Crippen molar-refractivity contribution in [3.8, 4) is 0 Å². The number of benzene rings is 1. The summed E-state index contributed by atoms with van der Waals surface area (Å²) in [7, 11) is 0. The Balaban J connectivity index is 3.06. The molecule has 0 spiro atoms. The van der Waals surface area contributed by atoms with Gasteiger partial charge in [0.05, 0.1) is 6.04 Å². The molecule has 4 unspecified atom stereocenters. The van der Waals surface area contributed by atoms with E-state index in [1.165, 1.54) is 0 Å². The van der Waals surface area contributed by atoms with Crippen molar-refractivity contribution in [2.75, 3.05) is 6.54 Å². The van der Waals surface area contributed by atoms with E-state index in [4.69, 9.17) is 28.0 Å². The lowest BCUT2D eigenvalue weighted by Gasteiger charge is -2.25. The molecule has 0 fully saturated rings. The van der Waals surface area contributed by atoms with Crippen molar-refractivity contribution < 1.29 is 39.0 Å². The molecule has 16 nitrogen and oxygen atoms in total. The lowest BCUT2D eigenvalue weighted by atomic mass is 10.0. The quantitative estimate of drug-likeness (QED) is 0.0461. The van der Waals surface area contributed by atoms with Gasteiger partial charge in [-0.25, -0.2) is 4.79 Å². The second kappa shape index (κ2) is 17.8. The predicted octanol–water partition coefficient (Wildman–Crippen LogP) is -2.72. The number of carbonyl (C=O) groups is 6. The zero-order valence-corrected chi connectivity index (χ0v) is 22.5. The van der Waals surface area contributed by atoms with Crippen LogP contribution >= 0.6 is 0 Å². The molecule has 1 aromatic rings. The van der Waals surface area contributed by atoms with Gasteiger partial charge in [-0.15, -0.1) is 0 Å². The van der Waals surface area contributed by atoms with Crippen molar-refractivity contribution in [1.29, 1.82) is 0 Å². The number of nitrogens with two attached hydrogens (primary N) is 4. The number of guanidine groups is 1. The number of hydrogen-bond donors (Lipinski definition) is 9. The Morgan fingerprint density at radius 3 is 1.83 bits per heavy atom. The number of aliphatic imine (C=N–C) groups is 1. The Kier molecular flexibility index (Phi) is 14.9. The fourth-order valence-electron chi connectivity index (χ4n) is 3.64. The van der Waals surface area contributed by atoms with Crippen LogP contribution in [0.15, 0.2) is 35.3 Å². The van der Waals surface area contributed by atoms with Crippen LogP contribution in [0.25, 0.3) is 0 Å². The van der Waals surface area contributed by atoms with Crippen LogP contribution in [-0.2, 0) is 35.2 Å². The summed E-state index contributed by atoms with van der Waals surface area (Å²) >= 11 is 0.